The highest BCUT2D eigenvalue weighted by molar-refractivity contribution is 6.33. The first kappa shape index (κ1) is 13.9. The number of rotatable bonds is 3. The number of nitrogens with one attached hydrogen (secondary N) is 1. The first-order valence-corrected chi connectivity index (χ1v) is 7.30. The van der Waals surface area contributed by atoms with Crippen LogP contribution in [0, 0.1) is 0 Å². The standard InChI is InChI=1S/C16H15ClN2O2/c17-12-8-9-14(19-15(12)16(20)21)18-13-7-3-5-10-4-1-2-6-11(10)13/h3,5,7-9H,1-2,4,6H2,(H,18,19)(H,20,21). The molecule has 1 heterocycles. The Bertz CT molecular complexity index is 701. The number of hydrogen-bond acceptors (Lipinski definition) is 3. The van der Waals surface area contributed by atoms with E-state index < -0.39 is 5.97 Å². The normalized spacial score (nSPS) is 13.6. The number of nitrogens with zero attached hydrogens (tertiary/aromatic N) is 1. The minimum absolute atomic E-state index is 0.133. The lowest BCUT2D eigenvalue weighted by atomic mass is 9.90. The fourth-order valence-electron chi connectivity index (χ4n) is 2.70. The average Bonchev–Trinajstić information content (AvgIpc) is 2.49. The molecule has 0 unspecified atom stereocenters. The molecule has 0 saturated heterocycles. The van der Waals surface area contributed by atoms with E-state index in [9.17, 15) is 4.79 Å². The smallest absolute Gasteiger partial charge is 0.356 e. The molecule has 0 spiro atoms. The Morgan fingerprint density at radius 2 is 2.00 bits per heavy atom. The van der Waals surface area contributed by atoms with Gasteiger partial charge in [0.15, 0.2) is 5.69 Å². The first-order valence-electron chi connectivity index (χ1n) is 6.93. The van der Waals surface area contributed by atoms with Crippen LogP contribution in [0.1, 0.15) is 34.5 Å². The predicted molar refractivity (Wildman–Crippen MR) is 82.6 cm³/mol. The van der Waals surface area contributed by atoms with E-state index in [1.54, 1.807) is 12.1 Å². The highest BCUT2D eigenvalue weighted by Crippen LogP contribution is 2.30. The lowest BCUT2D eigenvalue weighted by Gasteiger charge is -2.20. The zero-order valence-electron chi connectivity index (χ0n) is 11.4. The van der Waals surface area contributed by atoms with Crippen molar-refractivity contribution in [2.45, 2.75) is 25.7 Å². The molecule has 108 valence electrons. The summed E-state index contributed by atoms with van der Waals surface area (Å²) in [5.41, 5.74) is 3.53. The summed E-state index contributed by atoms with van der Waals surface area (Å²) < 4.78 is 0. The Kier molecular flexibility index (Phi) is 3.80. The van der Waals surface area contributed by atoms with Crippen molar-refractivity contribution in [2.75, 3.05) is 5.32 Å². The molecule has 0 atom stereocenters. The number of halogens is 1. The van der Waals surface area contributed by atoms with Crippen LogP contribution in [0.5, 0.6) is 0 Å². The maximum atomic E-state index is 11.1. The van der Waals surface area contributed by atoms with E-state index in [1.165, 1.54) is 24.0 Å². The molecular formula is C16H15ClN2O2. The molecule has 21 heavy (non-hydrogen) atoms. The fourth-order valence-corrected chi connectivity index (χ4v) is 2.88. The van der Waals surface area contributed by atoms with Crippen molar-refractivity contribution in [3.63, 3.8) is 0 Å². The van der Waals surface area contributed by atoms with Gasteiger partial charge in [-0.05, 0) is 55.0 Å². The summed E-state index contributed by atoms with van der Waals surface area (Å²) in [4.78, 5) is 15.2. The minimum Gasteiger partial charge on any atom is -0.476 e. The molecule has 0 aliphatic heterocycles. The summed E-state index contributed by atoms with van der Waals surface area (Å²) in [5, 5.41) is 12.4. The van der Waals surface area contributed by atoms with E-state index in [1.807, 2.05) is 12.1 Å². The zero-order valence-corrected chi connectivity index (χ0v) is 12.2. The number of pyridine rings is 1. The van der Waals surface area contributed by atoms with Gasteiger partial charge in [0.1, 0.15) is 5.82 Å². The number of aromatic carboxylic acids is 1. The SMILES string of the molecule is O=C(O)c1nc(Nc2cccc3c2CCCC3)ccc1Cl. The van der Waals surface area contributed by atoms with Gasteiger partial charge < -0.3 is 10.4 Å². The van der Waals surface area contributed by atoms with Gasteiger partial charge in [-0.25, -0.2) is 9.78 Å². The number of carboxylic acids is 1. The maximum Gasteiger partial charge on any atom is 0.356 e. The zero-order chi connectivity index (χ0) is 14.8. The maximum absolute atomic E-state index is 11.1. The molecule has 1 aromatic heterocycles. The number of aryl methyl sites for hydroxylation is 1. The van der Waals surface area contributed by atoms with Gasteiger partial charge in [-0.15, -0.1) is 0 Å². The third-order valence-corrected chi connectivity index (χ3v) is 4.01. The number of fused-ring (bicyclic) bond motifs is 1. The quantitative estimate of drug-likeness (QED) is 0.897. The van der Waals surface area contributed by atoms with Crippen molar-refractivity contribution < 1.29 is 9.90 Å². The van der Waals surface area contributed by atoms with Gasteiger partial charge in [-0.2, -0.15) is 0 Å². The van der Waals surface area contributed by atoms with Crippen molar-refractivity contribution in [3.8, 4) is 0 Å². The van der Waals surface area contributed by atoms with Crippen LogP contribution >= 0.6 is 11.6 Å². The Morgan fingerprint density at radius 1 is 1.19 bits per heavy atom. The van der Waals surface area contributed by atoms with Crippen LogP contribution in [0.25, 0.3) is 0 Å². The third kappa shape index (κ3) is 2.85. The van der Waals surface area contributed by atoms with Crippen LogP contribution in [0.4, 0.5) is 11.5 Å². The number of hydrogen-bond donors (Lipinski definition) is 2. The van der Waals surface area contributed by atoms with Crippen LogP contribution < -0.4 is 5.32 Å². The molecule has 5 heteroatoms. The highest BCUT2D eigenvalue weighted by Gasteiger charge is 2.15. The molecule has 2 N–H and O–H groups in total. The average molecular weight is 303 g/mol. The van der Waals surface area contributed by atoms with Gasteiger partial charge in [0, 0.05) is 5.69 Å². The Hall–Kier alpha value is -2.07. The van der Waals surface area contributed by atoms with Crippen LogP contribution in [-0.2, 0) is 12.8 Å². The molecule has 0 radical (unpaired) electrons. The second-order valence-corrected chi connectivity index (χ2v) is 5.51. The monoisotopic (exact) mass is 302 g/mol. The van der Waals surface area contributed by atoms with Gasteiger partial charge in [0.2, 0.25) is 0 Å². The molecule has 0 fully saturated rings. The van der Waals surface area contributed by atoms with Gasteiger partial charge in [-0.3, -0.25) is 0 Å². The van der Waals surface area contributed by atoms with Gasteiger partial charge in [0.05, 0.1) is 5.02 Å². The van der Waals surface area contributed by atoms with Crippen LogP contribution in [0.15, 0.2) is 30.3 Å². The van der Waals surface area contributed by atoms with Gasteiger partial charge >= 0.3 is 5.97 Å². The van der Waals surface area contributed by atoms with Crippen molar-refractivity contribution in [1.29, 1.82) is 0 Å². The van der Waals surface area contributed by atoms with Crippen molar-refractivity contribution >= 4 is 29.1 Å². The fraction of sp³-hybridized carbons (Fsp3) is 0.250. The second kappa shape index (κ2) is 5.74. The van der Waals surface area contributed by atoms with Crippen molar-refractivity contribution in [3.05, 3.63) is 52.2 Å². The largest absolute Gasteiger partial charge is 0.476 e. The molecule has 2 aromatic rings. The molecule has 0 bridgehead atoms. The molecule has 3 rings (SSSR count). The van der Waals surface area contributed by atoms with E-state index in [-0.39, 0.29) is 10.7 Å². The summed E-state index contributed by atoms with van der Waals surface area (Å²) in [6.07, 6.45) is 4.54. The molecule has 1 aliphatic rings. The van der Waals surface area contributed by atoms with E-state index in [0.717, 1.165) is 18.5 Å². The van der Waals surface area contributed by atoms with Gasteiger partial charge in [0.25, 0.3) is 0 Å². The van der Waals surface area contributed by atoms with E-state index in [2.05, 4.69) is 16.4 Å². The number of benzene rings is 1. The van der Waals surface area contributed by atoms with E-state index in [4.69, 9.17) is 16.7 Å². The number of carbonyl (C=O) groups is 1. The third-order valence-electron chi connectivity index (χ3n) is 3.71. The molecule has 0 amide bonds. The van der Waals surface area contributed by atoms with Crippen molar-refractivity contribution in [2.24, 2.45) is 0 Å². The molecule has 1 aromatic carbocycles. The summed E-state index contributed by atoms with van der Waals surface area (Å²) >= 11 is 5.84. The van der Waals surface area contributed by atoms with Gasteiger partial charge in [-0.1, -0.05) is 23.7 Å². The van der Waals surface area contributed by atoms with E-state index in [0.29, 0.717) is 5.82 Å². The Balaban J connectivity index is 1.94. The van der Waals surface area contributed by atoms with Crippen LogP contribution in [0.3, 0.4) is 0 Å². The number of aromatic nitrogens is 1. The molecule has 1 aliphatic carbocycles. The molecule has 4 nitrogen and oxygen atoms in total. The second-order valence-electron chi connectivity index (χ2n) is 5.11. The lowest BCUT2D eigenvalue weighted by Crippen LogP contribution is -2.08. The summed E-state index contributed by atoms with van der Waals surface area (Å²) in [6.45, 7) is 0. The topological polar surface area (TPSA) is 62.2 Å². The Labute approximate surface area is 127 Å². The predicted octanol–water partition coefficient (Wildman–Crippen LogP) is 4.06. The summed E-state index contributed by atoms with van der Waals surface area (Å²) in [7, 11) is 0. The van der Waals surface area contributed by atoms with Crippen molar-refractivity contribution in [1.82, 2.24) is 4.98 Å². The molecule has 0 saturated carbocycles. The minimum atomic E-state index is -1.13. The lowest BCUT2D eigenvalue weighted by molar-refractivity contribution is 0.0691. The van der Waals surface area contributed by atoms with Crippen LogP contribution in [-0.4, -0.2) is 16.1 Å². The number of anilines is 2. The number of carboxylic acid groups (broad SMARTS) is 1. The van der Waals surface area contributed by atoms with Crippen LogP contribution in [0.2, 0.25) is 5.02 Å². The Morgan fingerprint density at radius 3 is 2.81 bits per heavy atom. The first-order chi connectivity index (χ1) is 10.1. The summed E-state index contributed by atoms with van der Waals surface area (Å²) in [5.74, 6) is -0.630. The molecular weight excluding hydrogens is 288 g/mol. The van der Waals surface area contributed by atoms with E-state index >= 15 is 0 Å². The summed E-state index contributed by atoms with van der Waals surface area (Å²) in [6, 6.07) is 9.41. The highest BCUT2D eigenvalue weighted by atomic mass is 35.5.